The SMILES string of the molecule is CC1CN(c2ccc(NC(=O)C3CC3)cc2Cl)C(=O)O1. The average Bonchev–Trinajstić information content (AvgIpc) is 3.16. The summed E-state index contributed by atoms with van der Waals surface area (Å²) in [5.41, 5.74) is 1.25. The largest absolute Gasteiger partial charge is 0.444 e. The number of halogens is 1. The second-order valence-electron chi connectivity index (χ2n) is 5.23. The molecule has 1 N–H and O–H groups in total. The van der Waals surface area contributed by atoms with E-state index in [2.05, 4.69) is 5.32 Å². The van der Waals surface area contributed by atoms with Crippen molar-refractivity contribution < 1.29 is 14.3 Å². The highest BCUT2D eigenvalue weighted by atomic mass is 35.5. The number of hydrogen-bond acceptors (Lipinski definition) is 3. The van der Waals surface area contributed by atoms with E-state index >= 15 is 0 Å². The Morgan fingerprint density at radius 1 is 1.45 bits per heavy atom. The summed E-state index contributed by atoms with van der Waals surface area (Å²) < 4.78 is 5.08. The second-order valence-corrected chi connectivity index (χ2v) is 5.64. The molecule has 2 fully saturated rings. The van der Waals surface area contributed by atoms with E-state index in [0.29, 0.717) is 22.9 Å². The van der Waals surface area contributed by atoms with Crippen molar-refractivity contribution in [2.75, 3.05) is 16.8 Å². The Morgan fingerprint density at radius 3 is 2.75 bits per heavy atom. The van der Waals surface area contributed by atoms with Crippen molar-refractivity contribution in [2.24, 2.45) is 5.92 Å². The van der Waals surface area contributed by atoms with Gasteiger partial charge < -0.3 is 10.1 Å². The third-order valence-corrected chi connectivity index (χ3v) is 3.72. The minimum absolute atomic E-state index is 0.0306. The van der Waals surface area contributed by atoms with Crippen LogP contribution in [0.3, 0.4) is 0 Å². The monoisotopic (exact) mass is 294 g/mol. The molecule has 1 aliphatic heterocycles. The first-order valence-electron chi connectivity index (χ1n) is 6.63. The Kier molecular flexibility index (Phi) is 3.30. The van der Waals surface area contributed by atoms with Crippen molar-refractivity contribution in [3.8, 4) is 0 Å². The van der Waals surface area contributed by atoms with Gasteiger partial charge in [-0.2, -0.15) is 0 Å². The Bertz CT molecular complexity index is 572. The van der Waals surface area contributed by atoms with Crippen LogP contribution in [0.1, 0.15) is 19.8 Å². The fourth-order valence-corrected chi connectivity index (χ4v) is 2.48. The molecule has 2 aliphatic rings. The fraction of sp³-hybridized carbons (Fsp3) is 0.429. The van der Waals surface area contributed by atoms with Crippen LogP contribution in [0.25, 0.3) is 0 Å². The molecule has 106 valence electrons. The van der Waals surface area contributed by atoms with Gasteiger partial charge in [0.25, 0.3) is 0 Å². The van der Waals surface area contributed by atoms with Gasteiger partial charge in [0.2, 0.25) is 5.91 Å². The van der Waals surface area contributed by atoms with Gasteiger partial charge in [-0.05, 0) is 38.0 Å². The van der Waals surface area contributed by atoms with Crippen molar-refractivity contribution in [1.29, 1.82) is 0 Å². The zero-order valence-corrected chi connectivity index (χ0v) is 11.8. The van der Waals surface area contributed by atoms with E-state index in [-0.39, 0.29) is 17.9 Å². The molecule has 0 bridgehead atoms. The maximum atomic E-state index is 11.7. The molecule has 1 unspecified atom stereocenters. The van der Waals surface area contributed by atoms with Crippen LogP contribution >= 0.6 is 11.6 Å². The number of anilines is 2. The zero-order valence-electron chi connectivity index (χ0n) is 11.1. The molecule has 1 saturated carbocycles. The second kappa shape index (κ2) is 4.98. The number of cyclic esters (lactones) is 1. The first kappa shape index (κ1) is 13.2. The lowest BCUT2D eigenvalue weighted by Crippen LogP contribution is -2.24. The molecular weight excluding hydrogens is 280 g/mol. The summed E-state index contributed by atoms with van der Waals surface area (Å²) in [7, 11) is 0. The molecule has 2 amide bonds. The number of carbonyl (C=O) groups excluding carboxylic acids is 2. The number of ether oxygens (including phenoxy) is 1. The summed E-state index contributed by atoms with van der Waals surface area (Å²) in [6, 6.07) is 5.13. The van der Waals surface area contributed by atoms with Gasteiger partial charge in [-0.3, -0.25) is 9.69 Å². The number of benzene rings is 1. The average molecular weight is 295 g/mol. The molecule has 0 aromatic heterocycles. The van der Waals surface area contributed by atoms with Crippen molar-refractivity contribution in [3.05, 3.63) is 23.2 Å². The van der Waals surface area contributed by atoms with Gasteiger partial charge in [0, 0.05) is 11.6 Å². The van der Waals surface area contributed by atoms with E-state index in [1.165, 1.54) is 4.90 Å². The number of nitrogens with one attached hydrogen (secondary N) is 1. The standard InChI is InChI=1S/C14H15ClN2O3/c1-8-7-17(14(19)20-8)12-5-4-10(6-11(12)15)16-13(18)9-2-3-9/h4-6,8-9H,2-3,7H2,1H3,(H,16,18). The van der Waals surface area contributed by atoms with Gasteiger partial charge >= 0.3 is 6.09 Å². The normalized spacial score (nSPS) is 21.8. The van der Waals surface area contributed by atoms with Crippen LogP contribution in [0.2, 0.25) is 5.02 Å². The van der Waals surface area contributed by atoms with Gasteiger partial charge in [-0.25, -0.2) is 4.79 Å². The molecule has 1 saturated heterocycles. The molecule has 20 heavy (non-hydrogen) atoms. The predicted molar refractivity (Wildman–Crippen MR) is 76.1 cm³/mol. The third kappa shape index (κ3) is 2.58. The lowest BCUT2D eigenvalue weighted by Gasteiger charge is -2.15. The number of rotatable bonds is 3. The number of nitrogens with zero attached hydrogens (tertiary/aromatic N) is 1. The van der Waals surface area contributed by atoms with E-state index in [9.17, 15) is 9.59 Å². The van der Waals surface area contributed by atoms with E-state index in [1.807, 2.05) is 6.92 Å². The lowest BCUT2D eigenvalue weighted by atomic mass is 10.2. The van der Waals surface area contributed by atoms with Crippen molar-refractivity contribution >= 4 is 35.0 Å². The molecule has 1 aromatic carbocycles. The first-order valence-corrected chi connectivity index (χ1v) is 7.01. The molecule has 1 atom stereocenters. The Labute approximate surface area is 121 Å². The first-order chi connectivity index (χ1) is 9.54. The highest BCUT2D eigenvalue weighted by Gasteiger charge is 2.31. The molecule has 0 spiro atoms. The molecule has 3 rings (SSSR count). The van der Waals surface area contributed by atoms with Gasteiger partial charge in [0.1, 0.15) is 6.10 Å². The number of hydrogen-bond donors (Lipinski definition) is 1. The summed E-state index contributed by atoms with van der Waals surface area (Å²) in [6.07, 6.45) is 1.37. The zero-order chi connectivity index (χ0) is 14.3. The van der Waals surface area contributed by atoms with Crippen LogP contribution < -0.4 is 10.2 Å². The van der Waals surface area contributed by atoms with Crippen molar-refractivity contribution in [1.82, 2.24) is 0 Å². The Morgan fingerprint density at radius 2 is 2.20 bits per heavy atom. The maximum Gasteiger partial charge on any atom is 0.414 e. The fourth-order valence-electron chi connectivity index (χ4n) is 2.19. The highest BCUT2D eigenvalue weighted by Crippen LogP contribution is 2.33. The number of carbonyl (C=O) groups is 2. The Balaban J connectivity index is 1.77. The number of amides is 2. The van der Waals surface area contributed by atoms with Crippen molar-refractivity contribution in [2.45, 2.75) is 25.9 Å². The van der Waals surface area contributed by atoms with E-state index < -0.39 is 6.09 Å². The summed E-state index contributed by atoms with van der Waals surface area (Å²) in [4.78, 5) is 24.9. The van der Waals surface area contributed by atoms with Crippen molar-refractivity contribution in [3.63, 3.8) is 0 Å². The van der Waals surface area contributed by atoms with Gasteiger partial charge in [0.15, 0.2) is 0 Å². The molecule has 6 heteroatoms. The van der Waals surface area contributed by atoms with Gasteiger partial charge in [-0.15, -0.1) is 0 Å². The molecule has 1 heterocycles. The van der Waals surface area contributed by atoms with Crippen LogP contribution in [0.4, 0.5) is 16.2 Å². The maximum absolute atomic E-state index is 11.7. The van der Waals surface area contributed by atoms with Crippen LogP contribution in [0.15, 0.2) is 18.2 Å². The Hall–Kier alpha value is -1.75. The summed E-state index contributed by atoms with van der Waals surface area (Å²) in [6.45, 7) is 2.31. The van der Waals surface area contributed by atoms with Gasteiger partial charge in [-0.1, -0.05) is 11.6 Å². The van der Waals surface area contributed by atoms with Crippen LogP contribution in [0.5, 0.6) is 0 Å². The van der Waals surface area contributed by atoms with E-state index in [4.69, 9.17) is 16.3 Å². The predicted octanol–water partition coefficient (Wildman–Crippen LogP) is 3.03. The third-order valence-electron chi connectivity index (χ3n) is 3.42. The smallest absolute Gasteiger partial charge is 0.414 e. The highest BCUT2D eigenvalue weighted by molar-refractivity contribution is 6.34. The molecule has 5 nitrogen and oxygen atoms in total. The minimum atomic E-state index is -0.394. The van der Waals surface area contributed by atoms with Crippen LogP contribution in [-0.4, -0.2) is 24.6 Å². The molecule has 1 aromatic rings. The van der Waals surface area contributed by atoms with Gasteiger partial charge in [0.05, 0.1) is 17.3 Å². The summed E-state index contributed by atoms with van der Waals surface area (Å²) >= 11 is 6.20. The van der Waals surface area contributed by atoms with E-state index in [0.717, 1.165) is 12.8 Å². The molecule has 1 aliphatic carbocycles. The summed E-state index contributed by atoms with van der Waals surface area (Å²) in [5, 5.41) is 3.25. The van der Waals surface area contributed by atoms with Crippen LogP contribution in [-0.2, 0) is 9.53 Å². The molecular formula is C14H15ClN2O3. The molecule has 0 radical (unpaired) electrons. The quantitative estimate of drug-likeness (QED) is 0.932. The minimum Gasteiger partial charge on any atom is -0.444 e. The lowest BCUT2D eigenvalue weighted by molar-refractivity contribution is -0.117. The topological polar surface area (TPSA) is 58.6 Å². The van der Waals surface area contributed by atoms with Crippen LogP contribution in [0, 0.1) is 5.92 Å². The summed E-state index contributed by atoms with van der Waals surface area (Å²) in [5.74, 6) is 0.172. The van der Waals surface area contributed by atoms with E-state index in [1.54, 1.807) is 18.2 Å².